The summed E-state index contributed by atoms with van der Waals surface area (Å²) in [7, 11) is -1.39. The first kappa shape index (κ1) is 103. The number of hydrogen-bond donors (Lipinski definition) is 5. The van der Waals surface area contributed by atoms with Crippen molar-refractivity contribution in [2.75, 3.05) is 23.5 Å². The number of aliphatic hydroxyl groups is 4. The summed E-state index contributed by atoms with van der Waals surface area (Å²) in [5, 5.41) is 41.9. The molecule has 0 spiro atoms. The Hall–Kier alpha value is -10.2. The van der Waals surface area contributed by atoms with Crippen molar-refractivity contribution in [1.29, 1.82) is 0 Å². The van der Waals surface area contributed by atoms with E-state index >= 15 is 0 Å². The van der Waals surface area contributed by atoms with Crippen molar-refractivity contribution in [3.05, 3.63) is 308 Å². The number of carbonyl (C=O) groups excluding carboxylic acids is 7. The highest BCUT2D eigenvalue weighted by atomic mass is 32.2. The van der Waals surface area contributed by atoms with Crippen LogP contribution >= 0.6 is 0 Å². The molecule has 0 aromatic heterocycles. The van der Waals surface area contributed by atoms with Crippen LogP contribution in [0.5, 0.6) is 0 Å². The van der Waals surface area contributed by atoms with Crippen molar-refractivity contribution in [2.24, 2.45) is 5.92 Å². The van der Waals surface area contributed by atoms with E-state index in [-0.39, 0.29) is 41.2 Å². The van der Waals surface area contributed by atoms with Gasteiger partial charge in [0.25, 0.3) is 5.91 Å². The molecule has 0 saturated heterocycles. The monoisotopic (exact) mass is 1790 g/mol. The summed E-state index contributed by atoms with van der Waals surface area (Å²) >= 11 is 0. The maximum absolute atomic E-state index is 12.0. The Kier molecular flexibility index (Phi) is 34.3. The number of Topliss-reactive ketones (excluding diaryl/α,β-unsaturated/α-hetero) is 5. The molecule has 5 unspecified atom stereocenters. The van der Waals surface area contributed by atoms with Gasteiger partial charge in [0.1, 0.15) is 17.5 Å². The van der Waals surface area contributed by atoms with Crippen LogP contribution in [0.3, 0.4) is 0 Å². The lowest BCUT2D eigenvalue weighted by molar-refractivity contribution is -0.134. The van der Waals surface area contributed by atoms with Crippen molar-refractivity contribution < 1.29 is 62.4 Å². The number of sulfonamides is 1. The van der Waals surface area contributed by atoms with Gasteiger partial charge in [-0.05, 0) is 232 Å². The topological polar surface area (TPSA) is 253 Å². The van der Waals surface area contributed by atoms with E-state index in [0.717, 1.165) is 97.4 Å². The number of anilines is 2. The Morgan fingerprint density at radius 2 is 0.931 bits per heavy atom. The number of aliphatic hydroxyl groups excluding tert-OH is 3. The van der Waals surface area contributed by atoms with E-state index in [1.165, 1.54) is 98.9 Å². The van der Waals surface area contributed by atoms with Crippen LogP contribution < -0.4 is 10.2 Å². The molecule has 131 heavy (non-hydrogen) atoms. The van der Waals surface area contributed by atoms with Gasteiger partial charge in [0.05, 0.1) is 18.8 Å². The van der Waals surface area contributed by atoms with Gasteiger partial charge in [0, 0.05) is 86.2 Å². The van der Waals surface area contributed by atoms with Gasteiger partial charge in [0.15, 0.2) is 29.2 Å². The van der Waals surface area contributed by atoms with Gasteiger partial charge in [-0.2, -0.15) is 4.31 Å². The highest BCUT2D eigenvalue weighted by molar-refractivity contribution is 7.88. The normalized spacial score (nSPS) is 18.8. The van der Waals surface area contributed by atoms with E-state index in [0.29, 0.717) is 122 Å². The van der Waals surface area contributed by atoms with Crippen molar-refractivity contribution in [3.63, 3.8) is 0 Å². The molecule has 698 valence electrons. The fourth-order valence-electron chi connectivity index (χ4n) is 18.0. The molecule has 17 heteroatoms. The van der Waals surface area contributed by atoms with Gasteiger partial charge in [-0.1, -0.05) is 303 Å². The van der Waals surface area contributed by atoms with Gasteiger partial charge >= 0.3 is 0 Å². The summed E-state index contributed by atoms with van der Waals surface area (Å²) in [4.78, 5) is 81.9. The molecular weight excluding hydrogens is 1650 g/mol. The predicted octanol–water partition coefficient (Wildman–Crippen LogP) is 23.4. The number of likely N-dealkylation sites (N-methyl/N-ethyl adjacent to an activating group) is 1. The number of fused-ring (bicyclic) bond motifs is 9. The van der Waals surface area contributed by atoms with Crippen LogP contribution in [0.15, 0.2) is 164 Å². The average molecular weight is 1800 g/mol. The Labute approximate surface area is 780 Å². The molecular formula is C114H143N3O13S. The Bertz CT molecular complexity index is 5820. The van der Waals surface area contributed by atoms with Gasteiger partial charge in [-0.3, -0.25) is 33.6 Å². The highest BCUT2D eigenvalue weighted by Crippen LogP contribution is 2.42. The fourth-order valence-corrected chi connectivity index (χ4v) is 18.8. The molecule has 3 aliphatic heterocycles. The first-order chi connectivity index (χ1) is 61.4. The van der Waals surface area contributed by atoms with Crippen molar-refractivity contribution in [1.82, 2.24) is 4.31 Å². The van der Waals surface area contributed by atoms with E-state index in [4.69, 9.17) is 0 Å². The lowest BCUT2D eigenvalue weighted by Crippen LogP contribution is -2.27. The third-order valence-electron chi connectivity index (χ3n) is 26.8. The summed E-state index contributed by atoms with van der Waals surface area (Å²) in [5.41, 5.74) is 31.4. The number of aryl methyl sites for hydroxylation is 3. The SMILES string of the molecule is CC(C)/C=C1/C(=O)Cc2ccc(C(C)C)cc21.CC(C)c1ccc2c(c1)C(C)(O)C(=O)C2.CC(C)c1ccc2c(c1)C(C)C(=O)C2.CC(C)c1ccc2c(c1)C(O)C(=O)C2.CC(C)c1ccc2c(c1)C(O)C(=O)N2C.CC(C)c1ccc2c(c1)CCC2=O.CC(C)c1ccc2c(c1)CCC2O.CC(C)c1cccc2c1CN(S(C)(=O)=O)C2.Cc1cc(C(C)C)cc2c1NC(=O)C2. The second-order valence-corrected chi connectivity index (χ2v) is 42.2. The van der Waals surface area contributed by atoms with Crippen LogP contribution in [-0.4, -0.2) is 87.2 Å². The zero-order chi connectivity index (χ0) is 96.6. The largest absolute Gasteiger partial charge is 0.388 e. The van der Waals surface area contributed by atoms with Crippen molar-refractivity contribution >= 4 is 67.7 Å². The standard InChI is InChI=1S/C16H20O.C13H16O2.C13H16O.C12H17NO2S.C12H15NO2.C12H15NO.C12H14O2.C12H16O.C12H14O/c1-10(2)7-15-14-8-12(11(3)4)5-6-13(14)9-16(15)17;1-8(2)9-4-5-10-7-12(14)13(3,15)11(10)6-9;1-8(2)10-4-5-11-7-13(14)9(3)12(11)6-10;1-9(2)11-6-4-5-10-7-13(8-12(10)11)16(3,14)15;1-7(2)8-4-5-10-9(6-8)11(14)12(15)13(10)3;1-7(2)9-4-8(3)12-10(5-9)6-11(14)13-12;1-7(2)8-3-4-9-6-11(13)12(14)10(9)5-8;2*1-8(2)9-3-5-11-10(7-9)4-6-12(11)13/h5-8,10-11H,9H2,1-4H3;4-6,8,15H,7H2,1-3H3;4-6,8-9H,7H2,1-3H3;4-6,9H,7-8H2,1-3H3;4-7,11,14H,1-3H3;4-5,7H,6H2,1-3H3,(H,13,14);3-5,7,12,14H,6H2,1-2H3;3,5,7-8,12-13H,4,6H2,1-2H3;3,5,7-8H,4,6H2,1-2H3/b15-7+;;;;;;;;. The maximum atomic E-state index is 12.0. The van der Waals surface area contributed by atoms with E-state index in [9.17, 15) is 62.4 Å². The third-order valence-corrected chi connectivity index (χ3v) is 27.9. The number of amides is 2. The van der Waals surface area contributed by atoms with Crippen molar-refractivity contribution in [3.8, 4) is 0 Å². The summed E-state index contributed by atoms with van der Waals surface area (Å²) < 4.78 is 24.5. The first-order valence-electron chi connectivity index (χ1n) is 47.3. The zero-order valence-electron chi connectivity index (χ0n) is 82.2. The van der Waals surface area contributed by atoms with Gasteiger partial charge in [-0.25, -0.2) is 8.42 Å². The second kappa shape index (κ2) is 43.6. The minimum Gasteiger partial charge on any atom is -0.388 e. The summed E-state index contributed by atoms with van der Waals surface area (Å²) in [6, 6.07) is 53.8. The molecule has 0 saturated carbocycles. The van der Waals surface area contributed by atoms with E-state index in [1.807, 2.05) is 79.7 Å². The maximum Gasteiger partial charge on any atom is 0.260 e. The predicted molar refractivity (Wildman–Crippen MR) is 531 cm³/mol. The van der Waals surface area contributed by atoms with Gasteiger partial charge < -0.3 is 30.6 Å². The number of rotatable bonds is 11. The van der Waals surface area contributed by atoms with Crippen LogP contribution in [0.25, 0.3) is 5.57 Å². The quantitative estimate of drug-likeness (QED) is 0.0757. The highest BCUT2D eigenvalue weighted by Gasteiger charge is 2.41. The number of hydrogen-bond acceptors (Lipinski definition) is 13. The second-order valence-electron chi connectivity index (χ2n) is 40.2. The molecule has 9 aromatic rings. The molecule has 0 fully saturated rings. The molecule has 5 N–H and O–H groups in total. The Morgan fingerprint density at radius 3 is 1.50 bits per heavy atom. The Balaban J connectivity index is 0.000000153. The molecule has 18 rings (SSSR count). The smallest absolute Gasteiger partial charge is 0.260 e. The summed E-state index contributed by atoms with van der Waals surface area (Å²) in [6.07, 6.45) is 7.36. The summed E-state index contributed by atoms with van der Waals surface area (Å²) in [5.74, 6) is 5.59. The van der Waals surface area contributed by atoms with E-state index in [1.54, 1.807) is 14.0 Å². The van der Waals surface area contributed by atoms with Crippen molar-refractivity contribution in [2.45, 2.75) is 313 Å². The van der Waals surface area contributed by atoms with Crippen LogP contribution in [0.2, 0.25) is 0 Å². The molecule has 0 bridgehead atoms. The zero-order valence-corrected chi connectivity index (χ0v) is 83.0. The molecule has 3 heterocycles. The fraction of sp³-hybridized carbons (Fsp3) is 0.447. The van der Waals surface area contributed by atoms with Crippen LogP contribution in [0.4, 0.5) is 11.4 Å². The summed E-state index contributed by atoms with van der Waals surface area (Å²) in [6.45, 7) is 49.7. The third kappa shape index (κ3) is 24.8. The van der Waals surface area contributed by atoms with Gasteiger partial charge in [-0.15, -0.1) is 0 Å². The van der Waals surface area contributed by atoms with Crippen LogP contribution in [-0.2, 0) is 102 Å². The van der Waals surface area contributed by atoms with E-state index < -0.39 is 27.8 Å². The molecule has 2 amide bonds. The molecule has 9 aliphatic rings. The Morgan fingerprint density at radius 1 is 0.435 bits per heavy atom. The number of benzene rings is 9. The molecule has 9 aromatic carbocycles. The number of nitrogens with one attached hydrogen (secondary N) is 1. The minimum atomic E-state index is -3.08. The molecule has 0 radical (unpaired) electrons. The molecule has 5 atom stereocenters. The number of nitrogens with zero attached hydrogens (tertiary/aromatic N) is 2. The number of ketones is 5. The average Bonchev–Trinajstić information content (AvgIpc) is 1.60. The first-order valence-corrected chi connectivity index (χ1v) is 49.1. The molecule has 6 aliphatic carbocycles. The van der Waals surface area contributed by atoms with Crippen LogP contribution in [0.1, 0.15) is 392 Å². The lowest BCUT2D eigenvalue weighted by Gasteiger charge is -2.17. The number of carbonyl (C=O) groups is 7. The minimum absolute atomic E-state index is 0.0825. The van der Waals surface area contributed by atoms with Gasteiger partial charge in [0.2, 0.25) is 15.9 Å². The lowest BCUT2D eigenvalue weighted by atomic mass is 9.93. The molecule has 16 nitrogen and oxygen atoms in total. The van der Waals surface area contributed by atoms with Crippen LogP contribution in [0, 0.1) is 12.8 Å². The van der Waals surface area contributed by atoms with E-state index in [2.05, 4.69) is 242 Å². The number of allylic oxidation sites excluding steroid dienone is 2.